The van der Waals surface area contributed by atoms with Crippen LogP contribution < -0.4 is 10.2 Å². The lowest BCUT2D eigenvalue weighted by atomic mass is 10.1. The van der Waals surface area contributed by atoms with Crippen LogP contribution in [-0.4, -0.2) is 35.4 Å². The second-order valence-corrected chi connectivity index (χ2v) is 8.21. The minimum atomic E-state index is -0.369. The van der Waals surface area contributed by atoms with Gasteiger partial charge in [-0.15, -0.1) is 0 Å². The average Bonchev–Trinajstić information content (AvgIpc) is 3.10. The number of hydrogen-bond acceptors (Lipinski definition) is 5. The molecule has 178 valence electrons. The number of benzene rings is 2. The zero-order valence-electron chi connectivity index (χ0n) is 20.3. The number of rotatable bonds is 9. The third-order valence-corrected chi connectivity index (χ3v) is 5.14. The van der Waals surface area contributed by atoms with Gasteiger partial charge in [-0.05, 0) is 76.6 Å². The van der Waals surface area contributed by atoms with Crippen LogP contribution >= 0.6 is 0 Å². The first kappa shape index (κ1) is 24.8. The first-order valence-corrected chi connectivity index (χ1v) is 11.4. The predicted molar refractivity (Wildman–Crippen MR) is 133 cm³/mol. The summed E-state index contributed by atoms with van der Waals surface area (Å²) in [4.78, 5) is 25.0. The molecule has 0 spiro atoms. The van der Waals surface area contributed by atoms with Gasteiger partial charge in [0.25, 0.3) is 5.91 Å². The molecule has 3 aromatic rings. The number of hydrogen-bond donors (Lipinski definition) is 1. The van der Waals surface area contributed by atoms with E-state index in [4.69, 9.17) is 9.47 Å². The van der Waals surface area contributed by atoms with E-state index >= 15 is 0 Å². The Balaban J connectivity index is 1.76. The Bertz CT molecular complexity index is 1180. The summed E-state index contributed by atoms with van der Waals surface area (Å²) in [5, 5.41) is 4.14. The van der Waals surface area contributed by atoms with E-state index in [-0.39, 0.29) is 18.0 Å². The fraction of sp³-hybridized carbons (Fsp3) is 0.296. The fourth-order valence-electron chi connectivity index (χ4n) is 3.56. The number of aromatic nitrogens is 1. The van der Waals surface area contributed by atoms with Gasteiger partial charge in [0, 0.05) is 22.5 Å². The van der Waals surface area contributed by atoms with Crippen molar-refractivity contribution < 1.29 is 19.1 Å². The number of ether oxygens (including phenoxy) is 2. The van der Waals surface area contributed by atoms with Gasteiger partial charge >= 0.3 is 5.97 Å². The van der Waals surface area contributed by atoms with E-state index in [1.54, 1.807) is 36.5 Å². The van der Waals surface area contributed by atoms with Gasteiger partial charge in [-0.1, -0.05) is 19.1 Å². The number of hydrazone groups is 1. The first-order chi connectivity index (χ1) is 16.3. The Morgan fingerprint density at radius 1 is 1.09 bits per heavy atom. The van der Waals surface area contributed by atoms with Crippen molar-refractivity contribution in [2.45, 2.75) is 47.1 Å². The third kappa shape index (κ3) is 5.92. The van der Waals surface area contributed by atoms with Crippen molar-refractivity contribution in [2.75, 3.05) is 6.61 Å². The molecule has 7 nitrogen and oxygen atoms in total. The normalized spacial score (nSPS) is 11.1. The zero-order chi connectivity index (χ0) is 24.7. The maximum atomic E-state index is 12.6. The monoisotopic (exact) mass is 461 g/mol. The number of aryl methyl sites for hydroxylation is 1. The van der Waals surface area contributed by atoms with E-state index in [0.717, 1.165) is 34.8 Å². The van der Waals surface area contributed by atoms with Crippen LogP contribution in [0.5, 0.6) is 5.75 Å². The molecule has 0 unspecified atom stereocenters. The fourth-order valence-corrected chi connectivity index (χ4v) is 3.56. The molecule has 0 bridgehead atoms. The number of nitrogens with one attached hydrogen (secondary N) is 1. The maximum Gasteiger partial charge on any atom is 0.340 e. The lowest BCUT2D eigenvalue weighted by Crippen LogP contribution is -2.17. The Hall–Kier alpha value is -3.87. The maximum absolute atomic E-state index is 12.6. The highest BCUT2D eigenvalue weighted by atomic mass is 16.5. The van der Waals surface area contributed by atoms with Gasteiger partial charge in [-0.2, -0.15) is 5.10 Å². The van der Waals surface area contributed by atoms with E-state index < -0.39 is 0 Å². The summed E-state index contributed by atoms with van der Waals surface area (Å²) < 4.78 is 12.9. The van der Waals surface area contributed by atoms with Crippen LogP contribution in [0.2, 0.25) is 0 Å². The van der Waals surface area contributed by atoms with Crippen molar-refractivity contribution in [3.63, 3.8) is 0 Å². The van der Waals surface area contributed by atoms with Gasteiger partial charge in [-0.3, -0.25) is 4.79 Å². The van der Waals surface area contributed by atoms with Crippen molar-refractivity contribution in [1.82, 2.24) is 9.99 Å². The Kier molecular flexibility index (Phi) is 8.24. The minimum Gasteiger partial charge on any atom is -0.494 e. The second-order valence-electron chi connectivity index (χ2n) is 8.21. The summed E-state index contributed by atoms with van der Waals surface area (Å²) in [5.74, 6) is 0.0486. The topological polar surface area (TPSA) is 81.9 Å². The van der Waals surface area contributed by atoms with Gasteiger partial charge < -0.3 is 14.0 Å². The van der Waals surface area contributed by atoms with Gasteiger partial charge in [0.2, 0.25) is 0 Å². The summed E-state index contributed by atoms with van der Waals surface area (Å²) >= 11 is 0. The summed E-state index contributed by atoms with van der Waals surface area (Å²) in [5.41, 5.74) is 6.92. The Morgan fingerprint density at radius 3 is 2.47 bits per heavy atom. The predicted octanol–water partition coefficient (Wildman–Crippen LogP) is 5.21. The number of carbonyl (C=O) groups excluding carboxylic acids is 2. The van der Waals surface area contributed by atoms with E-state index in [2.05, 4.69) is 10.5 Å². The molecule has 0 atom stereocenters. The highest BCUT2D eigenvalue weighted by molar-refractivity contribution is 5.95. The van der Waals surface area contributed by atoms with Crippen molar-refractivity contribution in [1.29, 1.82) is 0 Å². The second kappa shape index (κ2) is 11.3. The van der Waals surface area contributed by atoms with E-state index in [9.17, 15) is 9.59 Å². The highest BCUT2D eigenvalue weighted by Crippen LogP contribution is 2.24. The summed E-state index contributed by atoms with van der Waals surface area (Å²) in [6, 6.07) is 16.2. The smallest absolute Gasteiger partial charge is 0.340 e. The van der Waals surface area contributed by atoms with Crippen LogP contribution in [0.4, 0.5) is 0 Å². The van der Waals surface area contributed by atoms with Crippen LogP contribution in [0.25, 0.3) is 5.69 Å². The van der Waals surface area contributed by atoms with Gasteiger partial charge in [0.15, 0.2) is 0 Å². The molecule has 1 heterocycles. The third-order valence-electron chi connectivity index (χ3n) is 5.14. The summed E-state index contributed by atoms with van der Waals surface area (Å²) in [6.45, 7) is 10.2. The standard InChI is InChI=1S/C27H31N3O4/c1-6-15-33-23-13-11-21(12-14-23)26(31)29-28-17-22-16-19(4)30(20(22)5)25-10-8-7-9-24(25)27(32)34-18(2)3/h7-14,16-18H,6,15H2,1-5H3,(H,29,31)/b28-17-. The van der Waals surface area contributed by atoms with Gasteiger partial charge in [-0.25, -0.2) is 10.2 Å². The molecule has 0 radical (unpaired) electrons. The molecule has 7 heteroatoms. The Labute approximate surface area is 200 Å². The van der Waals surface area contributed by atoms with Crippen LogP contribution in [-0.2, 0) is 4.74 Å². The first-order valence-electron chi connectivity index (χ1n) is 11.4. The van der Waals surface area contributed by atoms with Crippen LogP contribution in [0.3, 0.4) is 0 Å². The molecule has 0 saturated carbocycles. The lowest BCUT2D eigenvalue weighted by molar-refractivity contribution is 0.0378. The Morgan fingerprint density at radius 2 is 1.79 bits per heavy atom. The quantitative estimate of drug-likeness (QED) is 0.269. The molecule has 0 aliphatic carbocycles. The van der Waals surface area contributed by atoms with E-state index in [1.165, 1.54) is 0 Å². The van der Waals surface area contributed by atoms with Gasteiger partial charge in [0.05, 0.1) is 30.2 Å². The molecule has 1 N–H and O–H groups in total. The highest BCUT2D eigenvalue weighted by Gasteiger charge is 2.18. The van der Waals surface area contributed by atoms with Crippen molar-refractivity contribution in [2.24, 2.45) is 5.10 Å². The van der Waals surface area contributed by atoms with E-state index in [1.807, 2.05) is 63.5 Å². The number of carbonyl (C=O) groups is 2. The molecular weight excluding hydrogens is 430 g/mol. The molecule has 34 heavy (non-hydrogen) atoms. The molecule has 1 amide bonds. The number of esters is 1. The SMILES string of the molecule is CCCOc1ccc(C(=O)N/N=C\c2cc(C)n(-c3ccccc3C(=O)OC(C)C)c2C)cc1. The largest absolute Gasteiger partial charge is 0.494 e. The van der Waals surface area contributed by atoms with Crippen molar-refractivity contribution >= 4 is 18.1 Å². The summed E-state index contributed by atoms with van der Waals surface area (Å²) in [6.07, 6.45) is 2.31. The van der Waals surface area contributed by atoms with Crippen LogP contribution in [0.1, 0.15) is 64.9 Å². The molecule has 0 aliphatic rings. The molecule has 0 saturated heterocycles. The number of amides is 1. The van der Waals surface area contributed by atoms with Crippen LogP contribution in [0.15, 0.2) is 59.7 Å². The molecule has 0 aliphatic heterocycles. The van der Waals surface area contributed by atoms with Gasteiger partial charge in [0.1, 0.15) is 5.75 Å². The molecule has 3 rings (SSSR count). The number of nitrogens with zero attached hydrogens (tertiary/aromatic N) is 2. The molecule has 1 aromatic heterocycles. The minimum absolute atomic E-state index is 0.209. The van der Waals surface area contributed by atoms with Crippen molar-refractivity contribution in [3.05, 3.63) is 82.7 Å². The molecular formula is C27H31N3O4. The van der Waals surface area contributed by atoms with Crippen LogP contribution in [0, 0.1) is 13.8 Å². The van der Waals surface area contributed by atoms with E-state index in [0.29, 0.717) is 17.7 Å². The molecule has 0 fully saturated rings. The lowest BCUT2D eigenvalue weighted by Gasteiger charge is -2.15. The summed E-state index contributed by atoms with van der Waals surface area (Å²) in [7, 11) is 0. The molecule has 2 aromatic carbocycles. The zero-order valence-corrected chi connectivity index (χ0v) is 20.3. The average molecular weight is 462 g/mol. The van der Waals surface area contributed by atoms with Crippen molar-refractivity contribution in [3.8, 4) is 11.4 Å². The number of para-hydroxylation sites is 1.